The summed E-state index contributed by atoms with van der Waals surface area (Å²) >= 11 is 3.24. The number of aromatic nitrogens is 2. The number of nitrogens with zero attached hydrogens (tertiary/aromatic N) is 2. The summed E-state index contributed by atoms with van der Waals surface area (Å²) in [5.41, 5.74) is 0. The van der Waals surface area contributed by atoms with Gasteiger partial charge < -0.3 is 14.2 Å². The van der Waals surface area contributed by atoms with E-state index < -0.39 is 0 Å². The van der Waals surface area contributed by atoms with Crippen molar-refractivity contribution in [2.24, 2.45) is 0 Å². The van der Waals surface area contributed by atoms with Gasteiger partial charge in [-0.1, -0.05) is 0 Å². The van der Waals surface area contributed by atoms with Gasteiger partial charge in [0.1, 0.15) is 17.5 Å². The highest BCUT2D eigenvalue weighted by Gasteiger charge is 1.96. The van der Waals surface area contributed by atoms with Gasteiger partial charge in [-0.2, -0.15) is 0 Å². The lowest BCUT2D eigenvalue weighted by atomic mass is 10.5. The van der Waals surface area contributed by atoms with Gasteiger partial charge in [-0.25, -0.2) is 9.97 Å². The number of methoxy groups -OCH3 is 1. The molecule has 1 aromatic heterocycles. The topological polar surface area (TPSA) is 53.5 Å². The minimum Gasteiger partial charge on any atom is -0.475 e. The average molecular weight is 291 g/mol. The second kappa shape index (κ2) is 8.43. The van der Waals surface area contributed by atoms with Crippen LogP contribution in [0.25, 0.3) is 0 Å². The van der Waals surface area contributed by atoms with Crippen LogP contribution in [0.15, 0.2) is 17.0 Å². The molecule has 0 aliphatic rings. The minimum absolute atomic E-state index is 0.483. The first-order valence-electron chi connectivity index (χ1n) is 5.00. The van der Waals surface area contributed by atoms with Gasteiger partial charge in [0.15, 0.2) is 0 Å². The largest absolute Gasteiger partial charge is 0.475 e. The Morgan fingerprint density at radius 1 is 1.19 bits per heavy atom. The molecule has 90 valence electrons. The Balaban J connectivity index is 2.03. The van der Waals surface area contributed by atoms with Crippen LogP contribution in [0, 0.1) is 0 Å². The normalized spacial score (nSPS) is 10.4. The van der Waals surface area contributed by atoms with E-state index >= 15 is 0 Å². The highest BCUT2D eigenvalue weighted by atomic mass is 79.9. The van der Waals surface area contributed by atoms with E-state index in [1.54, 1.807) is 13.2 Å². The maximum absolute atomic E-state index is 5.36. The van der Waals surface area contributed by atoms with Crippen LogP contribution in [0.3, 0.4) is 0 Å². The molecule has 0 saturated carbocycles. The fourth-order valence-electron chi connectivity index (χ4n) is 1.01. The van der Waals surface area contributed by atoms with Crippen molar-refractivity contribution in [3.8, 4) is 5.88 Å². The Labute approximate surface area is 103 Å². The van der Waals surface area contributed by atoms with E-state index in [0.717, 1.165) is 13.0 Å². The molecule has 0 amide bonds. The molecule has 6 heteroatoms. The summed E-state index contributed by atoms with van der Waals surface area (Å²) in [5.74, 6) is 0.544. The molecular formula is C10H15BrN2O3. The zero-order valence-electron chi connectivity index (χ0n) is 9.19. The Hall–Kier alpha value is -0.720. The summed E-state index contributed by atoms with van der Waals surface area (Å²) in [6, 6.07) is 1.71. The molecule has 0 saturated heterocycles. The molecular weight excluding hydrogens is 276 g/mol. The van der Waals surface area contributed by atoms with Gasteiger partial charge in [0.25, 0.3) is 0 Å². The predicted octanol–water partition coefficient (Wildman–Crippen LogP) is 1.67. The van der Waals surface area contributed by atoms with Crippen molar-refractivity contribution in [3.63, 3.8) is 0 Å². The monoisotopic (exact) mass is 290 g/mol. The Morgan fingerprint density at radius 2 is 2.06 bits per heavy atom. The Morgan fingerprint density at radius 3 is 2.81 bits per heavy atom. The van der Waals surface area contributed by atoms with E-state index in [4.69, 9.17) is 14.2 Å². The van der Waals surface area contributed by atoms with Crippen molar-refractivity contribution in [2.75, 3.05) is 33.5 Å². The molecule has 0 unspecified atom stereocenters. The highest BCUT2D eigenvalue weighted by molar-refractivity contribution is 9.10. The molecule has 0 radical (unpaired) electrons. The molecule has 0 N–H and O–H groups in total. The summed E-state index contributed by atoms with van der Waals surface area (Å²) < 4.78 is 16.3. The van der Waals surface area contributed by atoms with Crippen LogP contribution < -0.4 is 4.74 Å². The number of halogens is 1. The van der Waals surface area contributed by atoms with Gasteiger partial charge in [-0.05, 0) is 22.4 Å². The molecule has 0 aliphatic carbocycles. The number of ether oxygens (including phenoxy) is 3. The second-order valence-corrected chi connectivity index (χ2v) is 3.80. The molecule has 5 nitrogen and oxygen atoms in total. The second-order valence-electron chi connectivity index (χ2n) is 2.99. The average Bonchev–Trinajstić information content (AvgIpc) is 2.28. The number of hydrogen-bond donors (Lipinski definition) is 0. The molecule has 0 bridgehead atoms. The molecule has 0 spiro atoms. The molecule has 1 heterocycles. The van der Waals surface area contributed by atoms with E-state index in [1.165, 1.54) is 6.33 Å². The maximum atomic E-state index is 5.36. The Kier molecular flexibility index (Phi) is 7.03. The van der Waals surface area contributed by atoms with E-state index in [9.17, 15) is 0 Å². The quantitative estimate of drug-likeness (QED) is 0.538. The molecule has 0 fully saturated rings. The third kappa shape index (κ3) is 5.99. The van der Waals surface area contributed by atoms with E-state index in [1.807, 2.05) is 0 Å². The van der Waals surface area contributed by atoms with Crippen LogP contribution >= 0.6 is 15.9 Å². The molecule has 1 aromatic rings. The van der Waals surface area contributed by atoms with Gasteiger partial charge in [0, 0.05) is 26.4 Å². The van der Waals surface area contributed by atoms with Crippen molar-refractivity contribution >= 4 is 15.9 Å². The van der Waals surface area contributed by atoms with Gasteiger partial charge in [-0.3, -0.25) is 0 Å². The van der Waals surface area contributed by atoms with Crippen molar-refractivity contribution in [3.05, 3.63) is 17.0 Å². The molecule has 0 atom stereocenters. The summed E-state index contributed by atoms with van der Waals surface area (Å²) in [6.07, 6.45) is 2.34. The molecule has 1 rings (SSSR count). The summed E-state index contributed by atoms with van der Waals surface area (Å²) in [7, 11) is 1.68. The lowest BCUT2D eigenvalue weighted by molar-refractivity contribution is 0.0795. The van der Waals surface area contributed by atoms with Gasteiger partial charge in [0.05, 0.1) is 6.61 Å². The highest BCUT2D eigenvalue weighted by Crippen LogP contribution is 2.11. The van der Waals surface area contributed by atoms with Crippen LogP contribution in [-0.4, -0.2) is 43.5 Å². The van der Waals surface area contributed by atoms with Crippen LogP contribution in [0.4, 0.5) is 0 Å². The maximum Gasteiger partial charge on any atom is 0.217 e. The Bertz CT molecular complexity index is 299. The SMILES string of the molecule is COCCCOCCOc1cc(Br)ncn1. The van der Waals surface area contributed by atoms with E-state index in [-0.39, 0.29) is 0 Å². The zero-order chi connectivity index (χ0) is 11.6. The zero-order valence-corrected chi connectivity index (χ0v) is 10.8. The first kappa shape index (κ1) is 13.3. The van der Waals surface area contributed by atoms with Gasteiger partial charge >= 0.3 is 0 Å². The van der Waals surface area contributed by atoms with Gasteiger partial charge in [0.2, 0.25) is 5.88 Å². The van der Waals surface area contributed by atoms with Crippen LogP contribution in [-0.2, 0) is 9.47 Å². The lowest BCUT2D eigenvalue weighted by Crippen LogP contribution is -2.09. The lowest BCUT2D eigenvalue weighted by Gasteiger charge is -2.06. The fourth-order valence-corrected chi connectivity index (χ4v) is 1.30. The minimum atomic E-state index is 0.483. The standard InChI is InChI=1S/C10H15BrN2O3/c1-14-3-2-4-15-5-6-16-10-7-9(11)12-8-13-10/h7-8H,2-6H2,1H3. The van der Waals surface area contributed by atoms with Crippen molar-refractivity contribution in [1.82, 2.24) is 9.97 Å². The summed E-state index contributed by atoms with van der Waals surface area (Å²) in [6.45, 7) is 2.44. The number of hydrogen-bond acceptors (Lipinski definition) is 5. The van der Waals surface area contributed by atoms with Crippen molar-refractivity contribution in [1.29, 1.82) is 0 Å². The molecule has 16 heavy (non-hydrogen) atoms. The molecule has 0 aromatic carbocycles. The van der Waals surface area contributed by atoms with Crippen LogP contribution in [0.2, 0.25) is 0 Å². The number of rotatable bonds is 8. The first-order chi connectivity index (χ1) is 7.83. The summed E-state index contributed by atoms with van der Waals surface area (Å²) in [4.78, 5) is 7.85. The first-order valence-corrected chi connectivity index (χ1v) is 5.79. The van der Waals surface area contributed by atoms with Gasteiger partial charge in [-0.15, -0.1) is 0 Å². The summed E-state index contributed by atoms with van der Waals surface area (Å²) in [5, 5.41) is 0. The predicted molar refractivity (Wildman–Crippen MR) is 62.5 cm³/mol. The van der Waals surface area contributed by atoms with Crippen LogP contribution in [0.1, 0.15) is 6.42 Å². The van der Waals surface area contributed by atoms with Crippen LogP contribution in [0.5, 0.6) is 5.88 Å². The third-order valence-corrected chi connectivity index (χ3v) is 2.16. The molecule has 0 aliphatic heterocycles. The third-order valence-electron chi connectivity index (χ3n) is 1.72. The fraction of sp³-hybridized carbons (Fsp3) is 0.600. The smallest absolute Gasteiger partial charge is 0.217 e. The van der Waals surface area contributed by atoms with Crippen molar-refractivity contribution < 1.29 is 14.2 Å². The van der Waals surface area contributed by atoms with E-state index in [2.05, 4.69) is 25.9 Å². The van der Waals surface area contributed by atoms with E-state index in [0.29, 0.717) is 30.3 Å². The van der Waals surface area contributed by atoms with Crippen molar-refractivity contribution in [2.45, 2.75) is 6.42 Å².